The number of aromatic nitrogens is 1. The van der Waals surface area contributed by atoms with Crippen LogP contribution in [0.15, 0.2) is 23.0 Å². The third-order valence-electron chi connectivity index (χ3n) is 2.83. The van der Waals surface area contributed by atoms with Crippen molar-refractivity contribution < 1.29 is 9.90 Å². The van der Waals surface area contributed by atoms with Gasteiger partial charge in [0.2, 0.25) is 0 Å². The van der Waals surface area contributed by atoms with E-state index in [2.05, 4.69) is 15.6 Å². The monoisotopic (exact) mass is 311 g/mol. The van der Waals surface area contributed by atoms with Crippen LogP contribution in [0.25, 0.3) is 0 Å². The quantitative estimate of drug-likeness (QED) is 0.792. The lowest BCUT2D eigenvalue weighted by Gasteiger charge is -2.22. The van der Waals surface area contributed by atoms with Crippen molar-refractivity contribution in [2.75, 3.05) is 6.54 Å². The first-order chi connectivity index (χ1) is 9.47. The summed E-state index contributed by atoms with van der Waals surface area (Å²) >= 11 is 3.07. The van der Waals surface area contributed by atoms with Gasteiger partial charge >= 0.3 is 6.03 Å². The number of hydrogen-bond acceptors (Lipinski definition) is 5. The van der Waals surface area contributed by atoms with E-state index in [9.17, 15) is 9.90 Å². The van der Waals surface area contributed by atoms with Crippen molar-refractivity contribution in [2.24, 2.45) is 0 Å². The van der Waals surface area contributed by atoms with Crippen LogP contribution in [0.4, 0.5) is 4.79 Å². The summed E-state index contributed by atoms with van der Waals surface area (Å²) in [5, 5.41) is 20.4. The van der Waals surface area contributed by atoms with Gasteiger partial charge in [-0.15, -0.1) is 11.3 Å². The Hall–Kier alpha value is -1.44. The number of rotatable bonds is 5. The molecule has 5 nitrogen and oxygen atoms in total. The average molecular weight is 311 g/mol. The minimum Gasteiger partial charge on any atom is -0.384 e. The fourth-order valence-corrected chi connectivity index (χ4v) is 3.16. The molecular weight excluding hydrogens is 294 g/mol. The second-order valence-electron chi connectivity index (χ2n) is 4.67. The summed E-state index contributed by atoms with van der Waals surface area (Å²) in [7, 11) is 0. The molecule has 7 heteroatoms. The predicted octanol–water partition coefficient (Wildman–Crippen LogP) is 2.22. The minimum atomic E-state index is -1.06. The second-order valence-corrected chi connectivity index (χ2v) is 6.77. The number of nitrogens with one attached hydrogen (secondary N) is 2. The fourth-order valence-electron chi connectivity index (χ4n) is 1.64. The standard InChI is InChI=1S/C13H17N3O2S2/c1-9-14-5-11(20-9)6-15-12(17)16-8-13(2,18)10-3-4-19-7-10/h3-5,7,18H,6,8H2,1-2H3,(H2,15,16,17). The number of amides is 2. The van der Waals surface area contributed by atoms with Gasteiger partial charge in [0, 0.05) is 11.1 Å². The topological polar surface area (TPSA) is 74.2 Å². The molecule has 0 saturated carbocycles. The number of nitrogens with zero attached hydrogens (tertiary/aromatic N) is 1. The first-order valence-corrected chi connectivity index (χ1v) is 7.91. The lowest BCUT2D eigenvalue weighted by molar-refractivity contribution is 0.0598. The molecule has 0 aliphatic rings. The molecule has 2 heterocycles. The number of urea groups is 1. The normalized spacial score (nSPS) is 13.8. The number of carbonyl (C=O) groups is 1. The van der Waals surface area contributed by atoms with Crippen LogP contribution >= 0.6 is 22.7 Å². The predicted molar refractivity (Wildman–Crippen MR) is 81.0 cm³/mol. The van der Waals surface area contributed by atoms with Crippen molar-refractivity contribution >= 4 is 28.7 Å². The van der Waals surface area contributed by atoms with Crippen LogP contribution in [-0.2, 0) is 12.1 Å². The molecule has 0 spiro atoms. The first kappa shape index (κ1) is 15.0. The number of hydrogen-bond donors (Lipinski definition) is 3. The molecule has 20 heavy (non-hydrogen) atoms. The van der Waals surface area contributed by atoms with Crippen molar-refractivity contribution in [3.63, 3.8) is 0 Å². The second kappa shape index (κ2) is 6.34. The molecule has 2 aromatic rings. The molecule has 0 aliphatic carbocycles. The summed E-state index contributed by atoms with van der Waals surface area (Å²) in [4.78, 5) is 16.8. The molecule has 0 bridgehead atoms. The Morgan fingerprint density at radius 3 is 2.90 bits per heavy atom. The van der Waals surface area contributed by atoms with Crippen molar-refractivity contribution in [2.45, 2.75) is 26.0 Å². The smallest absolute Gasteiger partial charge is 0.315 e. The van der Waals surface area contributed by atoms with Gasteiger partial charge < -0.3 is 15.7 Å². The highest BCUT2D eigenvalue weighted by molar-refractivity contribution is 7.11. The molecule has 2 rings (SSSR count). The minimum absolute atomic E-state index is 0.164. The lowest BCUT2D eigenvalue weighted by atomic mass is 9.99. The molecule has 1 unspecified atom stereocenters. The van der Waals surface area contributed by atoms with Gasteiger partial charge in [-0.1, -0.05) is 0 Å². The van der Waals surface area contributed by atoms with Crippen LogP contribution in [0.3, 0.4) is 0 Å². The maximum atomic E-state index is 11.7. The highest BCUT2D eigenvalue weighted by Gasteiger charge is 2.24. The zero-order valence-electron chi connectivity index (χ0n) is 11.3. The lowest BCUT2D eigenvalue weighted by Crippen LogP contribution is -2.43. The molecule has 2 aromatic heterocycles. The van der Waals surface area contributed by atoms with Crippen LogP contribution in [-0.4, -0.2) is 22.7 Å². The molecule has 2 amide bonds. The highest BCUT2D eigenvalue weighted by atomic mass is 32.1. The van der Waals surface area contributed by atoms with E-state index in [1.165, 1.54) is 11.3 Å². The summed E-state index contributed by atoms with van der Waals surface area (Å²) in [5.74, 6) is 0. The molecule has 0 radical (unpaired) electrons. The third kappa shape index (κ3) is 4.03. The Morgan fingerprint density at radius 2 is 2.30 bits per heavy atom. The summed E-state index contributed by atoms with van der Waals surface area (Å²) in [5.41, 5.74) is -0.251. The van der Waals surface area contributed by atoms with Gasteiger partial charge in [-0.2, -0.15) is 11.3 Å². The fraction of sp³-hybridized carbons (Fsp3) is 0.385. The summed E-state index contributed by atoms with van der Waals surface area (Å²) in [6, 6.07) is 1.55. The maximum Gasteiger partial charge on any atom is 0.315 e. The summed E-state index contributed by atoms with van der Waals surface area (Å²) in [6.45, 7) is 4.21. The van der Waals surface area contributed by atoms with Crippen LogP contribution < -0.4 is 10.6 Å². The molecule has 0 aliphatic heterocycles. The summed E-state index contributed by atoms with van der Waals surface area (Å²) < 4.78 is 0. The molecule has 108 valence electrons. The highest BCUT2D eigenvalue weighted by Crippen LogP contribution is 2.21. The van der Waals surface area contributed by atoms with E-state index >= 15 is 0 Å². The Balaban J connectivity index is 1.77. The van der Waals surface area contributed by atoms with Crippen molar-refractivity contribution in [1.82, 2.24) is 15.6 Å². The van der Waals surface area contributed by atoms with E-state index in [-0.39, 0.29) is 12.6 Å². The van der Waals surface area contributed by atoms with E-state index in [0.717, 1.165) is 15.4 Å². The summed E-state index contributed by atoms with van der Waals surface area (Å²) in [6.07, 6.45) is 1.75. The van der Waals surface area contributed by atoms with E-state index in [0.29, 0.717) is 6.54 Å². The molecule has 0 fully saturated rings. The van der Waals surface area contributed by atoms with E-state index in [4.69, 9.17) is 0 Å². The Labute approximate surface area is 125 Å². The Bertz CT molecular complexity index is 564. The van der Waals surface area contributed by atoms with Crippen molar-refractivity contribution in [3.05, 3.63) is 38.5 Å². The number of aliphatic hydroxyl groups is 1. The average Bonchev–Trinajstić information content (AvgIpc) is 3.05. The third-order valence-corrected chi connectivity index (χ3v) is 4.42. The molecule has 1 atom stereocenters. The number of aryl methyl sites for hydroxylation is 1. The number of thiophene rings is 1. The van der Waals surface area contributed by atoms with Crippen LogP contribution in [0, 0.1) is 6.92 Å². The van der Waals surface area contributed by atoms with Gasteiger partial charge in [0.05, 0.1) is 18.1 Å². The van der Waals surface area contributed by atoms with Crippen LogP contribution in [0.2, 0.25) is 0 Å². The van der Waals surface area contributed by atoms with Gasteiger partial charge in [0.25, 0.3) is 0 Å². The largest absolute Gasteiger partial charge is 0.384 e. The van der Waals surface area contributed by atoms with Gasteiger partial charge in [-0.3, -0.25) is 0 Å². The van der Waals surface area contributed by atoms with Crippen LogP contribution in [0.1, 0.15) is 22.4 Å². The van der Waals surface area contributed by atoms with E-state index in [1.54, 1.807) is 24.5 Å². The van der Waals surface area contributed by atoms with Crippen molar-refractivity contribution in [1.29, 1.82) is 0 Å². The van der Waals surface area contributed by atoms with Gasteiger partial charge in [-0.25, -0.2) is 9.78 Å². The SMILES string of the molecule is Cc1ncc(CNC(=O)NCC(C)(O)c2ccsc2)s1. The number of carbonyl (C=O) groups excluding carboxylic acids is 1. The molecule has 0 saturated heterocycles. The Kier molecular flexibility index (Phi) is 4.74. The van der Waals surface area contributed by atoms with Gasteiger partial charge in [0.1, 0.15) is 5.60 Å². The Morgan fingerprint density at radius 1 is 1.50 bits per heavy atom. The first-order valence-electron chi connectivity index (χ1n) is 6.15. The van der Waals surface area contributed by atoms with E-state index < -0.39 is 5.60 Å². The zero-order valence-corrected chi connectivity index (χ0v) is 13.0. The maximum absolute atomic E-state index is 11.7. The van der Waals surface area contributed by atoms with Crippen molar-refractivity contribution in [3.8, 4) is 0 Å². The van der Waals surface area contributed by atoms with Gasteiger partial charge in [0.15, 0.2) is 0 Å². The number of thiazole rings is 1. The molecule has 3 N–H and O–H groups in total. The van der Waals surface area contributed by atoms with Gasteiger partial charge in [-0.05, 0) is 36.2 Å². The molecule has 0 aromatic carbocycles. The molecular formula is C13H17N3O2S2. The van der Waals surface area contributed by atoms with Crippen LogP contribution in [0.5, 0.6) is 0 Å². The van der Waals surface area contributed by atoms with E-state index in [1.807, 2.05) is 23.8 Å². The zero-order chi connectivity index (χ0) is 14.6.